The molecule has 2 rings (SSSR count). The van der Waals surface area contributed by atoms with Gasteiger partial charge >= 0.3 is 0 Å². The lowest BCUT2D eigenvalue weighted by atomic mass is 10.1. The van der Waals surface area contributed by atoms with Gasteiger partial charge in [-0.25, -0.2) is 0 Å². The number of hydrogen-bond donors (Lipinski definition) is 1. The fraction of sp³-hybridized carbons (Fsp3) is 0.368. The van der Waals surface area contributed by atoms with E-state index in [9.17, 15) is 9.59 Å². The highest BCUT2D eigenvalue weighted by Gasteiger charge is 2.06. The summed E-state index contributed by atoms with van der Waals surface area (Å²) in [6.45, 7) is 9.41. The van der Waals surface area contributed by atoms with Crippen molar-refractivity contribution in [3.05, 3.63) is 51.9 Å². The molecule has 0 atom stereocenters. The maximum absolute atomic E-state index is 12.4. The molecule has 0 aliphatic heterocycles. The maximum atomic E-state index is 12.4. The molecule has 5 nitrogen and oxygen atoms in total. The van der Waals surface area contributed by atoms with Crippen molar-refractivity contribution in [2.75, 3.05) is 26.2 Å². The molecule has 2 aromatic rings. The van der Waals surface area contributed by atoms with Crippen LogP contribution in [-0.2, 0) is 4.79 Å². The van der Waals surface area contributed by atoms with Crippen LogP contribution in [-0.4, -0.2) is 37.0 Å². The zero-order valence-electron chi connectivity index (χ0n) is 14.5. The molecule has 24 heavy (non-hydrogen) atoms. The lowest BCUT2D eigenvalue weighted by molar-refractivity contribution is -0.116. The average Bonchev–Trinajstić information content (AvgIpc) is 2.58. The summed E-state index contributed by atoms with van der Waals surface area (Å²) in [7, 11) is 0. The van der Waals surface area contributed by atoms with E-state index in [1.54, 1.807) is 12.1 Å². The number of hydrogen-bond acceptors (Lipinski definition) is 4. The third kappa shape index (κ3) is 4.55. The molecule has 1 amide bonds. The second kappa shape index (κ2) is 8.45. The topological polar surface area (TPSA) is 62.6 Å². The summed E-state index contributed by atoms with van der Waals surface area (Å²) < 4.78 is 5.46. The van der Waals surface area contributed by atoms with Gasteiger partial charge in [0.05, 0.1) is 10.9 Å². The van der Waals surface area contributed by atoms with Crippen molar-refractivity contribution in [2.45, 2.75) is 20.8 Å². The quantitative estimate of drug-likeness (QED) is 0.794. The van der Waals surface area contributed by atoms with Crippen molar-refractivity contribution in [1.29, 1.82) is 0 Å². The summed E-state index contributed by atoms with van der Waals surface area (Å²) in [5.41, 5.74) is 1.77. The number of likely N-dealkylation sites (N-methyl/N-ethyl adjacent to an activating group) is 1. The van der Waals surface area contributed by atoms with Crippen LogP contribution in [0.5, 0.6) is 0 Å². The van der Waals surface area contributed by atoms with Crippen LogP contribution in [0, 0.1) is 6.92 Å². The van der Waals surface area contributed by atoms with E-state index in [0.717, 1.165) is 25.2 Å². The highest BCUT2D eigenvalue weighted by atomic mass is 16.3. The van der Waals surface area contributed by atoms with Crippen LogP contribution in [0.2, 0.25) is 0 Å². The number of carbonyl (C=O) groups excluding carboxylic acids is 1. The first-order chi connectivity index (χ1) is 11.5. The van der Waals surface area contributed by atoms with E-state index in [2.05, 4.69) is 24.1 Å². The van der Waals surface area contributed by atoms with Gasteiger partial charge in [0.2, 0.25) is 5.91 Å². The molecule has 0 bridgehead atoms. The summed E-state index contributed by atoms with van der Waals surface area (Å²) in [5.74, 6) is -0.217. The predicted molar refractivity (Wildman–Crippen MR) is 97.1 cm³/mol. The summed E-state index contributed by atoms with van der Waals surface area (Å²) >= 11 is 0. The minimum Gasteiger partial charge on any atom is -0.463 e. The molecule has 0 fully saturated rings. The molecular weight excluding hydrogens is 304 g/mol. The number of aryl methyl sites for hydroxylation is 1. The summed E-state index contributed by atoms with van der Waals surface area (Å²) in [4.78, 5) is 26.5. The fourth-order valence-corrected chi connectivity index (χ4v) is 2.48. The zero-order chi connectivity index (χ0) is 17.5. The minimum atomic E-state index is -0.217. The summed E-state index contributed by atoms with van der Waals surface area (Å²) in [6.07, 6.45) is 4.26. The van der Waals surface area contributed by atoms with Gasteiger partial charge in [0.1, 0.15) is 11.8 Å². The van der Waals surface area contributed by atoms with Crippen molar-refractivity contribution < 1.29 is 9.21 Å². The van der Waals surface area contributed by atoms with Crippen LogP contribution < -0.4 is 10.7 Å². The average molecular weight is 328 g/mol. The Morgan fingerprint density at radius 1 is 1.29 bits per heavy atom. The first-order valence-corrected chi connectivity index (χ1v) is 8.25. The lowest BCUT2D eigenvalue weighted by Gasteiger charge is -2.17. The number of fused-ring (bicyclic) bond motifs is 1. The van der Waals surface area contributed by atoms with E-state index < -0.39 is 0 Å². The van der Waals surface area contributed by atoms with E-state index in [1.807, 2.05) is 13.0 Å². The number of nitrogens with one attached hydrogen (secondary N) is 1. The van der Waals surface area contributed by atoms with Gasteiger partial charge < -0.3 is 14.6 Å². The van der Waals surface area contributed by atoms with Gasteiger partial charge in [-0.3, -0.25) is 9.59 Å². The fourth-order valence-electron chi connectivity index (χ4n) is 2.48. The van der Waals surface area contributed by atoms with E-state index in [-0.39, 0.29) is 11.3 Å². The Kier molecular flexibility index (Phi) is 6.32. The molecule has 1 heterocycles. The molecule has 0 saturated heterocycles. The number of amides is 1. The Morgan fingerprint density at radius 3 is 2.75 bits per heavy atom. The van der Waals surface area contributed by atoms with Crippen molar-refractivity contribution in [3.63, 3.8) is 0 Å². The Labute approximate surface area is 142 Å². The lowest BCUT2D eigenvalue weighted by Crippen LogP contribution is -2.34. The highest BCUT2D eigenvalue weighted by Crippen LogP contribution is 2.13. The molecule has 0 unspecified atom stereocenters. The van der Waals surface area contributed by atoms with E-state index in [4.69, 9.17) is 4.42 Å². The molecule has 5 heteroatoms. The van der Waals surface area contributed by atoms with Crippen LogP contribution in [0.1, 0.15) is 25.0 Å². The van der Waals surface area contributed by atoms with Crippen molar-refractivity contribution >= 4 is 23.0 Å². The van der Waals surface area contributed by atoms with Crippen LogP contribution in [0.15, 0.2) is 39.7 Å². The predicted octanol–water partition coefficient (Wildman–Crippen LogP) is 2.57. The van der Waals surface area contributed by atoms with Gasteiger partial charge in [-0.1, -0.05) is 25.5 Å². The molecule has 128 valence electrons. The van der Waals surface area contributed by atoms with Crippen molar-refractivity contribution in [3.8, 4) is 0 Å². The molecular formula is C19H24N2O3. The monoisotopic (exact) mass is 328 g/mol. The largest absolute Gasteiger partial charge is 0.463 e. The van der Waals surface area contributed by atoms with Crippen molar-refractivity contribution in [2.24, 2.45) is 0 Å². The third-order valence-corrected chi connectivity index (χ3v) is 3.99. The van der Waals surface area contributed by atoms with Crippen molar-refractivity contribution in [1.82, 2.24) is 10.2 Å². The summed E-state index contributed by atoms with van der Waals surface area (Å²) in [5, 5.41) is 3.34. The first kappa shape index (κ1) is 17.9. The molecule has 1 aromatic heterocycles. The zero-order valence-corrected chi connectivity index (χ0v) is 14.5. The van der Waals surface area contributed by atoms with Crippen LogP contribution in [0.4, 0.5) is 0 Å². The van der Waals surface area contributed by atoms with E-state index in [0.29, 0.717) is 23.1 Å². The number of nitrogens with zero attached hydrogens (tertiary/aromatic N) is 1. The second-order valence-corrected chi connectivity index (χ2v) is 5.67. The van der Waals surface area contributed by atoms with E-state index >= 15 is 0 Å². The maximum Gasteiger partial charge on any atom is 0.244 e. The molecule has 1 aromatic carbocycles. The number of carbonyl (C=O) groups is 1. The van der Waals surface area contributed by atoms with E-state index in [1.165, 1.54) is 18.4 Å². The van der Waals surface area contributed by atoms with Gasteiger partial charge in [-0.2, -0.15) is 0 Å². The Morgan fingerprint density at radius 2 is 2.04 bits per heavy atom. The second-order valence-electron chi connectivity index (χ2n) is 5.67. The van der Waals surface area contributed by atoms with Crippen LogP contribution in [0.25, 0.3) is 17.0 Å². The Balaban J connectivity index is 2.03. The molecule has 1 N–H and O–H groups in total. The SMILES string of the molecule is CCN(CC)CCNC(=O)/C=C/c1coc2ccc(C)cc2c1=O. The molecule has 0 aliphatic carbocycles. The summed E-state index contributed by atoms with van der Waals surface area (Å²) in [6, 6.07) is 5.46. The number of rotatable bonds is 7. The first-order valence-electron chi connectivity index (χ1n) is 8.25. The van der Waals surface area contributed by atoms with Crippen LogP contribution >= 0.6 is 0 Å². The Hall–Kier alpha value is -2.40. The molecule has 0 spiro atoms. The molecule has 0 radical (unpaired) electrons. The van der Waals surface area contributed by atoms with Gasteiger partial charge in [-0.15, -0.1) is 0 Å². The third-order valence-electron chi connectivity index (χ3n) is 3.99. The molecule has 0 saturated carbocycles. The van der Waals surface area contributed by atoms with Gasteiger partial charge in [0, 0.05) is 19.2 Å². The Bertz CT molecular complexity index is 789. The van der Waals surface area contributed by atoms with Gasteiger partial charge in [-0.05, 0) is 38.2 Å². The standard InChI is InChI=1S/C19H24N2O3/c1-4-21(5-2)11-10-20-18(22)9-7-15-13-24-17-8-6-14(3)12-16(17)19(15)23/h6-9,12-13H,4-5,10-11H2,1-3H3,(H,20,22)/b9-7+. The van der Waals surface area contributed by atoms with Gasteiger partial charge in [0.15, 0.2) is 5.43 Å². The smallest absolute Gasteiger partial charge is 0.244 e. The highest BCUT2D eigenvalue weighted by molar-refractivity contribution is 5.92. The van der Waals surface area contributed by atoms with Crippen LogP contribution in [0.3, 0.4) is 0 Å². The minimum absolute atomic E-state index is 0.132. The van der Waals surface area contributed by atoms with Gasteiger partial charge in [0.25, 0.3) is 0 Å². The number of benzene rings is 1. The normalized spacial score (nSPS) is 11.5. The molecule has 0 aliphatic rings.